The monoisotopic (exact) mass is 457 g/mol. The first-order valence-corrected chi connectivity index (χ1v) is 11.5. The summed E-state index contributed by atoms with van der Waals surface area (Å²) in [5, 5.41) is 14.5. The van der Waals surface area contributed by atoms with Gasteiger partial charge in [0.1, 0.15) is 11.5 Å². The van der Waals surface area contributed by atoms with Crippen LogP contribution in [0.4, 0.5) is 0 Å². The maximum absolute atomic E-state index is 5.43. The van der Waals surface area contributed by atoms with Crippen LogP contribution in [0.2, 0.25) is 0 Å². The van der Waals surface area contributed by atoms with Gasteiger partial charge < -0.3 is 13.7 Å². The number of benzene rings is 2. The average molecular weight is 458 g/mol. The molecule has 0 aliphatic heterocycles. The Hall–Kier alpha value is -3.78. The molecule has 0 atom stereocenters. The van der Waals surface area contributed by atoms with E-state index in [0.717, 1.165) is 50.6 Å². The fraction of sp³-hybridized carbons (Fsp3) is 0.160. The van der Waals surface area contributed by atoms with Crippen LogP contribution in [0.1, 0.15) is 11.3 Å². The molecule has 2 aromatic carbocycles. The fourth-order valence-electron chi connectivity index (χ4n) is 3.65. The van der Waals surface area contributed by atoms with Crippen LogP contribution < -0.4 is 4.74 Å². The fourth-order valence-corrected chi connectivity index (χ4v) is 4.53. The first kappa shape index (κ1) is 21.1. The van der Waals surface area contributed by atoms with Gasteiger partial charge in [0.2, 0.25) is 0 Å². The number of furan rings is 1. The highest BCUT2D eigenvalue weighted by atomic mass is 32.2. The number of hydrogen-bond acceptors (Lipinski definition) is 6. The lowest BCUT2D eigenvalue weighted by Crippen LogP contribution is -1.95. The molecular weight excluding hydrogens is 434 g/mol. The minimum Gasteiger partial charge on any atom is -0.497 e. The summed E-state index contributed by atoms with van der Waals surface area (Å²) in [5.41, 5.74) is 5.04. The number of ether oxygens (including phenoxy) is 1. The molecule has 0 saturated heterocycles. The van der Waals surface area contributed by atoms with Gasteiger partial charge >= 0.3 is 0 Å². The second kappa shape index (κ2) is 8.99. The lowest BCUT2D eigenvalue weighted by molar-refractivity contribution is 0.415. The van der Waals surface area contributed by atoms with E-state index in [9.17, 15) is 0 Å². The summed E-state index contributed by atoms with van der Waals surface area (Å²) < 4.78 is 14.7. The average Bonchev–Trinajstić information content (AvgIpc) is 3.57. The minimum absolute atomic E-state index is 0.699. The van der Waals surface area contributed by atoms with Crippen LogP contribution in [0.15, 0.2) is 82.7 Å². The molecule has 0 radical (unpaired) electrons. The third-order valence-corrected chi connectivity index (χ3v) is 6.53. The van der Waals surface area contributed by atoms with E-state index in [1.54, 1.807) is 25.1 Å². The highest BCUT2D eigenvalue weighted by Gasteiger charge is 2.17. The van der Waals surface area contributed by atoms with Gasteiger partial charge in [0.25, 0.3) is 0 Å². The number of aryl methyl sites for hydroxylation is 1. The van der Waals surface area contributed by atoms with E-state index in [4.69, 9.17) is 14.3 Å². The maximum Gasteiger partial charge on any atom is 0.191 e. The molecule has 0 spiro atoms. The topological polar surface area (TPSA) is 70.9 Å². The van der Waals surface area contributed by atoms with Crippen LogP contribution in [0.5, 0.6) is 5.75 Å². The predicted molar refractivity (Wildman–Crippen MR) is 129 cm³/mol. The molecule has 0 amide bonds. The van der Waals surface area contributed by atoms with Gasteiger partial charge in [0.15, 0.2) is 11.0 Å². The smallest absolute Gasteiger partial charge is 0.191 e. The Labute approximate surface area is 196 Å². The number of methoxy groups -OCH3 is 1. The Kier molecular flexibility index (Phi) is 5.75. The van der Waals surface area contributed by atoms with E-state index in [1.807, 2.05) is 83.9 Å². The van der Waals surface area contributed by atoms with Gasteiger partial charge in [-0.15, -0.1) is 10.2 Å². The van der Waals surface area contributed by atoms with Gasteiger partial charge in [-0.25, -0.2) is 4.68 Å². The number of aromatic nitrogens is 5. The lowest BCUT2D eigenvalue weighted by Gasteiger charge is -2.05. The molecule has 3 aromatic heterocycles. The molecule has 33 heavy (non-hydrogen) atoms. The van der Waals surface area contributed by atoms with Crippen LogP contribution in [-0.4, -0.2) is 31.7 Å². The first-order valence-electron chi connectivity index (χ1n) is 10.5. The number of rotatable bonds is 7. The molecule has 0 fully saturated rings. The summed E-state index contributed by atoms with van der Waals surface area (Å²) >= 11 is 1.63. The van der Waals surface area contributed by atoms with Crippen molar-refractivity contribution in [3.8, 4) is 34.1 Å². The van der Waals surface area contributed by atoms with Crippen molar-refractivity contribution in [2.75, 3.05) is 7.11 Å². The summed E-state index contributed by atoms with van der Waals surface area (Å²) in [4.78, 5) is 0. The molecule has 0 aliphatic rings. The van der Waals surface area contributed by atoms with Crippen molar-refractivity contribution in [1.82, 2.24) is 24.5 Å². The number of nitrogens with zero attached hydrogens (tertiary/aromatic N) is 5. The van der Waals surface area contributed by atoms with E-state index in [-0.39, 0.29) is 0 Å². The van der Waals surface area contributed by atoms with Gasteiger partial charge in [-0.05, 0) is 49.4 Å². The maximum atomic E-state index is 5.43. The van der Waals surface area contributed by atoms with Crippen LogP contribution in [0.25, 0.3) is 28.3 Å². The van der Waals surface area contributed by atoms with Gasteiger partial charge in [-0.1, -0.05) is 30.0 Å². The molecule has 0 aliphatic carbocycles. The zero-order valence-corrected chi connectivity index (χ0v) is 19.4. The SMILES string of the molecule is COc1ccc(-c2nn(-c3ccccc3)cc2CSc2nnc(-c3ccoc3C)n2C)cc1. The highest BCUT2D eigenvalue weighted by molar-refractivity contribution is 7.98. The third-order valence-electron chi connectivity index (χ3n) is 5.47. The second-order valence-corrected chi connectivity index (χ2v) is 8.50. The van der Waals surface area contributed by atoms with Gasteiger partial charge in [0, 0.05) is 30.1 Å². The van der Waals surface area contributed by atoms with Crippen molar-refractivity contribution < 1.29 is 9.15 Å². The Morgan fingerprint density at radius 2 is 1.79 bits per heavy atom. The molecule has 5 rings (SSSR count). The van der Waals surface area contributed by atoms with Crippen LogP contribution >= 0.6 is 11.8 Å². The normalized spacial score (nSPS) is 11.1. The molecule has 7 nitrogen and oxygen atoms in total. The molecule has 8 heteroatoms. The molecule has 5 aromatic rings. The van der Waals surface area contributed by atoms with Crippen molar-refractivity contribution >= 4 is 11.8 Å². The standard InChI is InChI=1S/C25H23N5O2S/c1-17-22(13-14-32-17)24-26-27-25(29(24)2)33-16-19-15-30(20-7-5-4-6-8-20)28-23(19)18-9-11-21(31-3)12-10-18/h4-15H,16H2,1-3H3. The van der Waals surface area contributed by atoms with Crippen molar-refractivity contribution in [2.24, 2.45) is 7.05 Å². The van der Waals surface area contributed by atoms with Crippen LogP contribution in [0.3, 0.4) is 0 Å². The lowest BCUT2D eigenvalue weighted by atomic mass is 10.1. The third kappa shape index (κ3) is 4.17. The van der Waals surface area contributed by atoms with Crippen LogP contribution in [0, 0.1) is 6.92 Å². The van der Waals surface area contributed by atoms with Crippen molar-refractivity contribution in [2.45, 2.75) is 17.8 Å². The molecule has 0 N–H and O–H groups in total. The Morgan fingerprint density at radius 3 is 2.48 bits per heavy atom. The molecule has 3 heterocycles. The van der Waals surface area contributed by atoms with Gasteiger partial charge in [-0.2, -0.15) is 5.10 Å². The quantitative estimate of drug-likeness (QED) is 0.299. The van der Waals surface area contributed by atoms with Crippen molar-refractivity contribution in [1.29, 1.82) is 0 Å². The Morgan fingerprint density at radius 1 is 1.00 bits per heavy atom. The molecular formula is C25H23N5O2S. The first-order chi connectivity index (χ1) is 16.1. The summed E-state index contributed by atoms with van der Waals surface area (Å²) in [5.74, 6) is 3.13. The van der Waals surface area contributed by atoms with Gasteiger partial charge in [-0.3, -0.25) is 0 Å². The minimum atomic E-state index is 0.699. The van der Waals surface area contributed by atoms with Crippen LogP contribution in [-0.2, 0) is 12.8 Å². The van der Waals surface area contributed by atoms with E-state index >= 15 is 0 Å². The molecule has 166 valence electrons. The molecule has 0 unspecified atom stereocenters. The zero-order valence-electron chi connectivity index (χ0n) is 18.6. The zero-order chi connectivity index (χ0) is 22.8. The summed E-state index contributed by atoms with van der Waals surface area (Å²) in [6, 6.07) is 20.0. The van der Waals surface area contributed by atoms with Crippen molar-refractivity contribution in [3.63, 3.8) is 0 Å². The van der Waals surface area contributed by atoms with Gasteiger partial charge in [0.05, 0.1) is 30.3 Å². The van der Waals surface area contributed by atoms with E-state index in [2.05, 4.69) is 16.4 Å². The summed E-state index contributed by atoms with van der Waals surface area (Å²) in [6.45, 7) is 1.93. The number of para-hydroxylation sites is 1. The van der Waals surface area contributed by atoms with E-state index in [0.29, 0.717) is 5.75 Å². The Bertz CT molecular complexity index is 1370. The second-order valence-electron chi connectivity index (χ2n) is 7.56. The predicted octanol–water partition coefficient (Wildman–Crippen LogP) is 5.54. The highest BCUT2D eigenvalue weighted by Crippen LogP contribution is 2.32. The molecule has 0 bridgehead atoms. The number of hydrogen-bond donors (Lipinski definition) is 0. The summed E-state index contributed by atoms with van der Waals surface area (Å²) in [6.07, 6.45) is 3.75. The van der Waals surface area contributed by atoms with Crippen molar-refractivity contribution in [3.05, 3.63) is 84.4 Å². The number of thioether (sulfide) groups is 1. The largest absolute Gasteiger partial charge is 0.497 e. The molecule has 0 saturated carbocycles. The summed E-state index contributed by atoms with van der Waals surface area (Å²) in [7, 11) is 3.64. The Balaban J connectivity index is 1.46. The van der Waals surface area contributed by atoms with E-state index < -0.39 is 0 Å². The van der Waals surface area contributed by atoms with E-state index in [1.165, 1.54) is 0 Å².